The van der Waals surface area contributed by atoms with Gasteiger partial charge in [0.15, 0.2) is 0 Å². The SMILES string of the molecule is CC(=O)N1CCc2cc(NC3CCCN(C)C3)ccc21. The fourth-order valence-electron chi connectivity index (χ4n) is 3.34. The van der Waals surface area contributed by atoms with Crippen LogP contribution in [0.15, 0.2) is 18.2 Å². The Labute approximate surface area is 120 Å². The number of fused-ring (bicyclic) bond motifs is 1. The molecule has 0 aliphatic carbocycles. The second-order valence-corrected chi connectivity index (χ2v) is 6.01. The minimum atomic E-state index is 0.137. The van der Waals surface area contributed by atoms with Crippen molar-refractivity contribution in [1.82, 2.24) is 4.90 Å². The average Bonchev–Trinajstić information content (AvgIpc) is 2.82. The molecular formula is C16H23N3O. The Morgan fingerprint density at radius 1 is 1.35 bits per heavy atom. The lowest BCUT2D eigenvalue weighted by Crippen LogP contribution is -2.39. The highest BCUT2D eigenvalue weighted by Gasteiger charge is 2.23. The van der Waals surface area contributed by atoms with Gasteiger partial charge in [-0.2, -0.15) is 0 Å². The Balaban J connectivity index is 1.72. The summed E-state index contributed by atoms with van der Waals surface area (Å²) in [7, 11) is 2.18. The molecule has 20 heavy (non-hydrogen) atoms. The van der Waals surface area contributed by atoms with Gasteiger partial charge in [0.05, 0.1) is 0 Å². The third-order valence-electron chi connectivity index (χ3n) is 4.35. The highest BCUT2D eigenvalue weighted by atomic mass is 16.2. The highest BCUT2D eigenvalue weighted by molar-refractivity contribution is 5.94. The summed E-state index contributed by atoms with van der Waals surface area (Å²) in [5, 5.41) is 3.64. The van der Waals surface area contributed by atoms with E-state index in [-0.39, 0.29) is 5.91 Å². The van der Waals surface area contributed by atoms with Crippen molar-refractivity contribution in [2.75, 3.05) is 36.9 Å². The summed E-state index contributed by atoms with van der Waals surface area (Å²) in [4.78, 5) is 15.8. The Morgan fingerprint density at radius 3 is 2.95 bits per heavy atom. The lowest BCUT2D eigenvalue weighted by atomic mass is 10.1. The van der Waals surface area contributed by atoms with Crippen LogP contribution in [-0.4, -0.2) is 43.5 Å². The molecule has 1 N–H and O–H groups in total. The third kappa shape index (κ3) is 2.66. The Hall–Kier alpha value is -1.55. The molecule has 0 spiro atoms. The molecule has 3 rings (SSSR count). The average molecular weight is 273 g/mol. The van der Waals surface area contributed by atoms with Crippen molar-refractivity contribution in [2.45, 2.75) is 32.2 Å². The topological polar surface area (TPSA) is 35.6 Å². The minimum Gasteiger partial charge on any atom is -0.381 e. The molecule has 2 aliphatic rings. The number of nitrogens with one attached hydrogen (secondary N) is 1. The number of carbonyl (C=O) groups is 1. The van der Waals surface area contributed by atoms with E-state index in [0.717, 1.165) is 25.2 Å². The summed E-state index contributed by atoms with van der Waals surface area (Å²) in [6, 6.07) is 6.94. The number of hydrogen-bond donors (Lipinski definition) is 1. The number of piperidine rings is 1. The minimum absolute atomic E-state index is 0.137. The van der Waals surface area contributed by atoms with Crippen molar-refractivity contribution < 1.29 is 4.79 Å². The molecule has 0 aromatic heterocycles. The Morgan fingerprint density at radius 2 is 2.20 bits per heavy atom. The number of likely N-dealkylation sites (N-methyl/N-ethyl adjacent to an activating group) is 1. The number of nitrogens with zero attached hydrogens (tertiary/aromatic N) is 2. The van der Waals surface area contributed by atoms with Gasteiger partial charge in [0, 0.05) is 37.4 Å². The molecule has 4 nitrogen and oxygen atoms in total. The van der Waals surface area contributed by atoms with Crippen LogP contribution in [0.4, 0.5) is 11.4 Å². The van der Waals surface area contributed by atoms with Gasteiger partial charge < -0.3 is 15.1 Å². The highest BCUT2D eigenvalue weighted by Crippen LogP contribution is 2.31. The van der Waals surface area contributed by atoms with Gasteiger partial charge in [0.25, 0.3) is 0 Å². The zero-order valence-electron chi connectivity index (χ0n) is 12.4. The first kappa shape index (κ1) is 13.4. The second kappa shape index (κ2) is 5.44. The fraction of sp³-hybridized carbons (Fsp3) is 0.562. The molecule has 1 unspecified atom stereocenters. The molecular weight excluding hydrogens is 250 g/mol. The van der Waals surface area contributed by atoms with Crippen molar-refractivity contribution in [1.29, 1.82) is 0 Å². The van der Waals surface area contributed by atoms with Gasteiger partial charge in [-0.3, -0.25) is 4.79 Å². The molecule has 2 aliphatic heterocycles. The number of rotatable bonds is 2. The quantitative estimate of drug-likeness (QED) is 0.896. The molecule has 0 saturated carbocycles. The predicted octanol–water partition coefficient (Wildman–Crippen LogP) is 2.10. The van der Waals surface area contributed by atoms with Crippen LogP contribution in [0.3, 0.4) is 0 Å². The fourth-order valence-corrected chi connectivity index (χ4v) is 3.34. The predicted molar refractivity (Wildman–Crippen MR) is 82.3 cm³/mol. The van der Waals surface area contributed by atoms with Crippen LogP contribution in [0.5, 0.6) is 0 Å². The lowest BCUT2D eigenvalue weighted by Gasteiger charge is -2.31. The van der Waals surface area contributed by atoms with Gasteiger partial charge in [-0.15, -0.1) is 0 Å². The Bertz CT molecular complexity index is 514. The van der Waals surface area contributed by atoms with Gasteiger partial charge in [0.1, 0.15) is 0 Å². The molecule has 2 heterocycles. The molecule has 1 aromatic rings. The first-order valence-corrected chi connectivity index (χ1v) is 7.49. The monoisotopic (exact) mass is 273 g/mol. The van der Waals surface area contributed by atoms with Gasteiger partial charge >= 0.3 is 0 Å². The maximum Gasteiger partial charge on any atom is 0.223 e. The van der Waals surface area contributed by atoms with Gasteiger partial charge in [-0.1, -0.05) is 0 Å². The molecule has 108 valence electrons. The van der Waals surface area contributed by atoms with E-state index in [1.54, 1.807) is 6.92 Å². The second-order valence-electron chi connectivity index (χ2n) is 6.01. The lowest BCUT2D eigenvalue weighted by molar-refractivity contribution is -0.116. The summed E-state index contributed by atoms with van der Waals surface area (Å²) in [6.45, 7) is 4.77. The number of amides is 1. The van der Waals surface area contributed by atoms with E-state index in [1.165, 1.54) is 30.6 Å². The maximum atomic E-state index is 11.6. The Kier molecular flexibility index (Phi) is 3.66. The zero-order chi connectivity index (χ0) is 14.1. The summed E-state index contributed by atoms with van der Waals surface area (Å²) in [5.41, 5.74) is 3.56. The van der Waals surface area contributed by atoms with E-state index in [1.807, 2.05) is 4.90 Å². The summed E-state index contributed by atoms with van der Waals surface area (Å²) >= 11 is 0. The van der Waals surface area contributed by atoms with Crippen LogP contribution in [0, 0.1) is 0 Å². The normalized spacial score (nSPS) is 22.7. The number of likely N-dealkylation sites (tertiary alicyclic amines) is 1. The first-order valence-electron chi connectivity index (χ1n) is 7.49. The standard InChI is InChI=1S/C16H23N3O/c1-12(20)19-9-7-13-10-14(5-6-16(13)19)17-15-4-3-8-18(2)11-15/h5-6,10,15,17H,3-4,7-9,11H2,1-2H3. The van der Waals surface area contributed by atoms with Gasteiger partial charge in [-0.25, -0.2) is 0 Å². The number of carbonyl (C=O) groups excluding carboxylic acids is 1. The van der Waals surface area contributed by atoms with Crippen molar-refractivity contribution >= 4 is 17.3 Å². The maximum absolute atomic E-state index is 11.6. The third-order valence-corrected chi connectivity index (χ3v) is 4.35. The molecule has 1 saturated heterocycles. The number of hydrogen-bond acceptors (Lipinski definition) is 3. The largest absolute Gasteiger partial charge is 0.381 e. The summed E-state index contributed by atoms with van der Waals surface area (Å²) in [5.74, 6) is 0.137. The van der Waals surface area contributed by atoms with Gasteiger partial charge in [0.2, 0.25) is 5.91 Å². The summed E-state index contributed by atoms with van der Waals surface area (Å²) < 4.78 is 0. The van der Waals surface area contributed by atoms with Crippen LogP contribution < -0.4 is 10.2 Å². The van der Waals surface area contributed by atoms with Crippen molar-refractivity contribution in [2.24, 2.45) is 0 Å². The molecule has 4 heteroatoms. The van der Waals surface area contributed by atoms with Crippen molar-refractivity contribution in [3.8, 4) is 0 Å². The van der Waals surface area contributed by atoms with Gasteiger partial charge in [-0.05, 0) is 56.6 Å². The smallest absolute Gasteiger partial charge is 0.223 e. The van der Waals surface area contributed by atoms with E-state index < -0.39 is 0 Å². The van der Waals surface area contributed by atoms with Crippen LogP contribution in [0.25, 0.3) is 0 Å². The van der Waals surface area contributed by atoms with Crippen LogP contribution in [0.2, 0.25) is 0 Å². The summed E-state index contributed by atoms with van der Waals surface area (Å²) in [6.07, 6.45) is 3.47. The zero-order valence-corrected chi connectivity index (χ0v) is 12.4. The van der Waals surface area contributed by atoms with E-state index in [2.05, 4.69) is 35.5 Å². The molecule has 1 atom stereocenters. The molecule has 1 aromatic carbocycles. The van der Waals surface area contributed by atoms with E-state index in [4.69, 9.17) is 0 Å². The van der Waals surface area contributed by atoms with Crippen LogP contribution in [-0.2, 0) is 11.2 Å². The number of benzene rings is 1. The molecule has 1 amide bonds. The number of anilines is 2. The van der Waals surface area contributed by atoms with Crippen LogP contribution in [0.1, 0.15) is 25.3 Å². The van der Waals surface area contributed by atoms with E-state index >= 15 is 0 Å². The molecule has 0 bridgehead atoms. The van der Waals surface area contributed by atoms with Crippen molar-refractivity contribution in [3.63, 3.8) is 0 Å². The van der Waals surface area contributed by atoms with E-state index in [0.29, 0.717) is 6.04 Å². The molecule has 0 radical (unpaired) electrons. The first-order chi connectivity index (χ1) is 9.63. The molecule has 1 fully saturated rings. The van der Waals surface area contributed by atoms with Crippen LogP contribution >= 0.6 is 0 Å². The van der Waals surface area contributed by atoms with Crippen molar-refractivity contribution in [3.05, 3.63) is 23.8 Å². The van der Waals surface area contributed by atoms with E-state index in [9.17, 15) is 4.79 Å².